The highest BCUT2D eigenvalue weighted by Gasteiger charge is 2.33. The average Bonchev–Trinajstić information content (AvgIpc) is 2.28. The number of piperidine rings is 1. The van der Waals surface area contributed by atoms with Crippen molar-refractivity contribution >= 4 is 11.9 Å². The second-order valence-corrected chi connectivity index (χ2v) is 5.35. The molecule has 5 heteroatoms. The van der Waals surface area contributed by atoms with Gasteiger partial charge in [0.2, 0.25) is 5.91 Å². The predicted molar refractivity (Wildman–Crippen MR) is 69.3 cm³/mol. The van der Waals surface area contributed by atoms with Crippen LogP contribution in [-0.4, -0.2) is 47.1 Å². The minimum absolute atomic E-state index is 0.0915. The molecule has 5 nitrogen and oxygen atoms in total. The molecule has 0 spiro atoms. The van der Waals surface area contributed by atoms with Gasteiger partial charge in [-0.3, -0.25) is 14.5 Å². The molecule has 0 aromatic carbocycles. The van der Waals surface area contributed by atoms with E-state index in [4.69, 9.17) is 0 Å². The normalized spacial score (nSPS) is 25.1. The molecule has 1 aliphatic heterocycles. The summed E-state index contributed by atoms with van der Waals surface area (Å²) < 4.78 is 0. The first kappa shape index (κ1) is 15.0. The molecule has 18 heavy (non-hydrogen) atoms. The molecular weight excluding hydrogens is 232 g/mol. The highest BCUT2D eigenvalue weighted by atomic mass is 16.4. The molecule has 1 fully saturated rings. The predicted octanol–water partition coefficient (Wildman–Crippen LogP) is 1.09. The minimum atomic E-state index is -0.814. The lowest BCUT2D eigenvalue weighted by atomic mass is 9.89. The number of carboxylic acids is 1. The van der Waals surface area contributed by atoms with Gasteiger partial charge in [0.25, 0.3) is 0 Å². The molecule has 2 atom stereocenters. The van der Waals surface area contributed by atoms with Gasteiger partial charge in [0.05, 0.1) is 6.54 Å². The van der Waals surface area contributed by atoms with E-state index in [0.29, 0.717) is 18.9 Å². The van der Waals surface area contributed by atoms with E-state index in [1.165, 1.54) is 0 Å². The summed E-state index contributed by atoms with van der Waals surface area (Å²) in [4.78, 5) is 24.7. The molecule has 104 valence electrons. The Kier molecular flexibility index (Phi) is 5.59. The van der Waals surface area contributed by atoms with Gasteiger partial charge in [-0.15, -0.1) is 0 Å². The lowest BCUT2D eigenvalue weighted by Crippen LogP contribution is -2.51. The van der Waals surface area contributed by atoms with Gasteiger partial charge in [0.15, 0.2) is 0 Å². The molecule has 0 saturated carbocycles. The Labute approximate surface area is 109 Å². The number of nitrogens with zero attached hydrogens (tertiary/aromatic N) is 1. The molecule has 1 heterocycles. The van der Waals surface area contributed by atoms with Crippen molar-refractivity contribution in [1.29, 1.82) is 0 Å². The van der Waals surface area contributed by atoms with Gasteiger partial charge in [-0.25, -0.2) is 0 Å². The maximum atomic E-state index is 11.7. The Hall–Kier alpha value is -1.10. The molecule has 1 saturated heterocycles. The first-order valence-corrected chi connectivity index (χ1v) is 6.70. The van der Waals surface area contributed by atoms with Crippen LogP contribution in [0.25, 0.3) is 0 Å². The Morgan fingerprint density at radius 2 is 2.11 bits per heavy atom. The van der Waals surface area contributed by atoms with E-state index in [2.05, 4.69) is 12.2 Å². The highest BCUT2D eigenvalue weighted by Crippen LogP contribution is 2.25. The van der Waals surface area contributed by atoms with Crippen LogP contribution in [0.2, 0.25) is 0 Å². The van der Waals surface area contributed by atoms with Crippen molar-refractivity contribution in [3.63, 3.8) is 0 Å². The zero-order valence-electron chi connectivity index (χ0n) is 11.5. The smallest absolute Gasteiger partial charge is 0.320 e. The molecule has 0 aromatic rings. The number of carboxylic acid groups (broad SMARTS) is 1. The van der Waals surface area contributed by atoms with Crippen LogP contribution < -0.4 is 5.32 Å². The third-order valence-electron chi connectivity index (χ3n) is 3.48. The SMILES string of the molecule is CCC1CCN(CC(=O)NC(C)C)C(C(=O)O)C1. The van der Waals surface area contributed by atoms with E-state index in [9.17, 15) is 14.7 Å². The number of nitrogens with one attached hydrogen (secondary N) is 1. The average molecular weight is 256 g/mol. The minimum Gasteiger partial charge on any atom is -0.480 e. The van der Waals surface area contributed by atoms with Crippen LogP contribution in [0.1, 0.15) is 40.0 Å². The topological polar surface area (TPSA) is 69.6 Å². The number of hydrogen-bond acceptors (Lipinski definition) is 3. The quantitative estimate of drug-likeness (QED) is 0.772. The largest absolute Gasteiger partial charge is 0.480 e. The standard InChI is InChI=1S/C13H24N2O3/c1-4-10-5-6-15(11(7-10)13(17)18)8-12(16)14-9(2)3/h9-11H,4-8H2,1-3H3,(H,14,16)(H,17,18). The molecule has 0 aromatic heterocycles. The van der Waals surface area contributed by atoms with Crippen molar-refractivity contribution < 1.29 is 14.7 Å². The first-order chi connectivity index (χ1) is 8.43. The van der Waals surface area contributed by atoms with Crippen LogP contribution in [0, 0.1) is 5.92 Å². The zero-order valence-corrected chi connectivity index (χ0v) is 11.5. The molecule has 1 rings (SSSR count). The van der Waals surface area contributed by atoms with E-state index < -0.39 is 12.0 Å². The van der Waals surface area contributed by atoms with E-state index in [1.807, 2.05) is 13.8 Å². The van der Waals surface area contributed by atoms with Crippen LogP contribution >= 0.6 is 0 Å². The molecule has 2 N–H and O–H groups in total. The summed E-state index contributed by atoms with van der Waals surface area (Å²) in [5.41, 5.74) is 0. The molecular formula is C13H24N2O3. The van der Waals surface area contributed by atoms with Crippen LogP contribution in [-0.2, 0) is 9.59 Å². The third-order valence-corrected chi connectivity index (χ3v) is 3.48. The summed E-state index contributed by atoms with van der Waals surface area (Å²) in [6.07, 6.45) is 2.64. The molecule has 0 aliphatic carbocycles. The maximum Gasteiger partial charge on any atom is 0.320 e. The lowest BCUT2D eigenvalue weighted by Gasteiger charge is -2.36. The number of aliphatic carboxylic acids is 1. The molecule has 0 bridgehead atoms. The Morgan fingerprint density at radius 1 is 1.44 bits per heavy atom. The summed E-state index contributed by atoms with van der Waals surface area (Å²) in [6.45, 7) is 6.77. The van der Waals surface area contributed by atoms with Gasteiger partial charge < -0.3 is 10.4 Å². The number of amides is 1. The Balaban J connectivity index is 2.57. The van der Waals surface area contributed by atoms with Gasteiger partial charge in [0, 0.05) is 6.04 Å². The fourth-order valence-electron chi connectivity index (χ4n) is 2.46. The van der Waals surface area contributed by atoms with Crippen LogP contribution in [0.3, 0.4) is 0 Å². The fraction of sp³-hybridized carbons (Fsp3) is 0.846. The Bertz CT molecular complexity index is 305. The lowest BCUT2D eigenvalue weighted by molar-refractivity contribution is -0.146. The monoisotopic (exact) mass is 256 g/mol. The van der Waals surface area contributed by atoms with Crippen molar-refractivity contribution in [2.75, 3.05) is 13.1 Å². The summed E-state index contributed by atoms with van der Waals surface area (Å²) >= 11 is 0. The first-order valence-electron chi connectivity index (χ1n) is 6.70. The summed E-state index contributed by atoms with van der Waals surface area (Å²) in [7, 11) is 0. The number of carbonyl (C=O) groups excluding carboxylic acids is 1. The van der Waals surface area contributed by atoms with Gasteiger partial charge in [-0.1, -0.05) is 13.3 Å². The van der Waals surface area contributed by atoms with Crippen LogP contribution in [0.4, 0.5) is 0 Å². The van der Waals surface area contributed by atoms with Crippen molar-refractivity contribution in [2.24, 2.45) is 5.92 Å². The number of likely N-dealkylation sites (tertiary alicyclic amines) is 1. The van der Waals surface area contributed by atoms with Crippen molar-refractivity contribution in [1.82, 2.24) is 10.2 Å². The molecule has 1 amide bonds. The molecule has 0 radical (unpaired) electrons. The number of rotatable bonds is 5. The van der Waals surface area contributed by atoms with Crippen LogP contribution in [0.15, 0.2) is 0 Å². The van der Waals surface area contributed by atoms with Gasteiger partial charge in [0.1, 0.15) is 6.04 Å². The summed E-state index contributed by atoms with van der Waals surface area (Å²) in [5.74, 6) is -0.438. The Morgan fingerprint density at radius 3 is 2.61 bits per heavy atom. The van der Waals surface area contributed by atoms with Crippen molar-refractivity contribution in [2.45, 2.75) is 52.1 Å². The zero-order chi connectivity index (χ0) is 13.7. The van der Waals surface area contributed by atoms with Crippen molar-refractivity contribution in [3.05, 3.63) is 0 Å². The molecule has 1 aliphatic rings. The van der Waals surface area contributed by atoms with E-state index in [-0.39, 0.29) is 18.5 Å². The van der Waals surface area contributed by atoms with E-state index in [0.717, 1.165) is 12.8 Å². The van der Waals surface area contributed by atoms with Crippen molar-refractivity contribution in [3.8, 4) is 0 Å². The second-order valence-electron chi connectivity index (χ2n) is 5.35. The fourth-order valence-corrected chi connectivity index (χ4v) is 2.46. The summed E-state index contributed by atoms with van der Waals surface area (Å²) in [6, 6.07) is -0.421. The van der Waals surface area contributed by atoms with Gasteiger partial charge in [-0.2, -0.15) is 0 Å². The molecule has 2 unspecified atom stereocenters. The van der Waals surface area contributed by atoms with Gasteiger partial charge >= 0.3 is 5.97 Å². The van der Waals surface area contributed by atoms with E-state index in [1.54, 1.807) is 4.90 Å². The number of carbonyl (C=O) groups is 2. The summed E-state index contributed by atoms with van der Waals surface area (Å²) in [5, 5.41) is 12.0. The maximum absolute atomic E-state index is 11.7. The number of hydrogen-bond donors (Lipinski definition) is 2. The van der Waals surface area contributed by atoms with E-state index >= 15 is 0 Å². The highest BCUT2D eigenvalue weighted by molar-refractivity contribution is 5.80. The second kappa shape index (κ2) is 6.73. The van der Waals surface area contributed by atoms with Gasteiger partial charge in [-0.05, 0) is 39.2 Å². The third kappa shape index (κ3) is 4.29. The van der Waals surface area contributed by atoms with Crippen LogP contribution in [0.5, 0.6) is 0 Å².